The van der Waals surface area contributed by atoms with Gasteiger partial charge < -0.3 is 24.6 Å². The predicted octanol–water partition coefficient (Wildman–Crippen LogP) is 4.18. The molecule has 10 heteroatoms. The summed E-state index contributed by atoms with van der Waals surface area (Å²) in [5.41, 5.74) is 5.80. The SMILES string of the molecule is COCCNCc1cc(F)c2c(c1)C(O)N(c1cc(-c3ccc(C#N)cc3-c3nncn3C)cc(C3CC3)n1)C2. The lowest BCUT2D eigenvalue weighted by molar-refractivity contribution is 0.180. The summed E-state index contributed by atoms with van der Waals surface area (Å²) in [5.74, 6) is 1.23. The normalized spacial score (nSPS) is 16.3. The molecule has 6 rings (SSSR count). The molecule has 1 unspecified atom stereocenters. The van der Waals surface area contributed by atoms with Crippen molar-refractivity contribution in [2.24, 2.45) is 7.05 Å². The van der Waals surface area contributed by atoms with Gasteiger partial charge in [0.05, 0.1) is 24.8 Å². The van der Waals surface area contributed by atoms with Gasteiger partial charge in [-0.25, -0.2) is 9.37 Å². The summed E-state index contributed by atoms with van der Waals surface area (Å²) in [5, 5.41) is 32.5. The summed E-state index contributed by atoms with van der Waals surface area (Å²) in [6, 6.07) is 15.1. The first kappa shape index (κ1) is 26.1. The number of hydrogen-bond acceptors (Lipinski definition) is 8. The van der Waals surface area contributed by atoms with Gasteiger partial charge in [-0.15, -0.1) is 10.2 Å². The number of fused-ring (bicyclic) bond motifs is 1. The standard InChI is InChI=1S/C30H30FN7O2/c1-37-17-34-36-29(37)23-9-18(14-32)3-6-22(23)21-12-27(20-4-5-20)35-28(13-21)38-16-25-24(30(38)39)10-19(11-26(25)31)15-33-7-8-40-2/h3,6,9-13,17,20,30,33,39H,4-5,7-8,15-16H2,1-2H3. The first-order valence-corrected chi connectivity index (χ1v) is 13.3. The van der Waals surface area contributed by atoms with Crippen molar-refractivity contribution in [1.82, 2.24) is 25.1 Å². The van der Waals surface area contributed by atoms with Crippen molar-refractivity contribution < 1.29 is 14.2 Å². The number of rotatable bonds is 9. The second-order valence-electron chi connectivity index (χ2n) is 10.4. The van der Waals surface area contributed by atoms with E-state index in [1.54, 1.807) is 24.4 Å². The number of nitriles is 1. The average molecular weight is 540 g/mol. The van der Waals surface area contributed by atoms with Gasteiger partial charge in [0, 0.05) is 55.5 Å². The van der Waals surface area contributed by atoms with Crippen molar-refractivity contribution in [2.45, 2.75) is 38.1 Å². The number of nitrogens with one attached hydrogen (secondary N) is 1. The molecule has 1 atom stereocenters. The predicted molar refractivity (Wildman–Crippen MR) is 147 cm³/mol. The van der Waals surface area contributed by atoms with Gasteiger partial charge in [-0.05, 0) is 65.9 Å². The Hall–Kier alpha value is -4.17. The molecule has 2 aromatic heterocycles. The topological polar surface area (TPSA) is 112 Å². The van der Waals surface area contributed by atoms with Crippen molar-refractivity contribution in [2.75, 3.05) is 25.2 Å². The van der Waals surface area contributed by atoms with Crippen molar-refractivity contribution in [3.05, 3.63) is 82.6 Å². The van der Waals surface area contributed by atoms with Crippen LogP contribution in [0, 0.1) is 17.1 Å². The summed E-state index contributed by atoms with van der Waals surface area (Å²) in [4.78, 5) is 6.68. The largest absolute Gasteiger partial charge is 0.383 e. The Kier molecular flexibility index (Phi) is 7.02. The van der Waals surface area contributed by atoms with Gasteiger partial charge >= 0.3 is 0 Å². The lowest BCUT2D eigenvalue weighted by Crippen LogP contribution is -2.22. The fraction of sp³-hybridized carbons (Fsp3) is 0.333. The number of halogens is 1. The minimum atomic E-state index is -1.03. The third-order valence-corrected chi connectivity index (χ3v) is 7.54. The zero-order chi connectivity index (χ0) is 27.8. The maximum absolute atomic E-state index is 15.2. The van der Waals surface area contributed by atoms with E-state index in [0.29, 0.717) is 53.9 Å². The fourth-order valence-corrected chi connectivity index (χ4v) is 5.26. The van der Waals surface area contributed by atoms with E-state index in [4.69, 9.17) is 9.72 Å². The number of aliphatic hydroxyl groups is 1. The molecule has 0 amide bonds. The van der Waals surface area contributed by atoms with Crippen LogP contribution < -0.4 is 10.2 Å². The molecule has 4 aromatic rings. The number of aliphatic hydroxyl groups excluding tert-OH is 1. The lowest BCUT2D eigenvalue weighted by atomic mass is 9.96. The zero-order valence-electron chi connectivity index (χ0n) is 22.4. The summed E-state index contributed by atoms with van der Waals surface area (Å²) in [7, 11) is 3.50. The molecule has 1 aliphatic heterocycles. The molecule has 0 saturated heterocycles. The monoisotopic (exact) mass is 539 g/mol. The van der Waals surface area contributed by atoms with Gasteiger partial charge in [0.15, 0.2) is 12.1 Å². The minimum absolute atomic E-state index is 0.212. The highest BCUT2D eigenvalue weighted by Gasteiger charge is 2.34. The summed E-state index contributed by atoms with van der Waals surface area (Å²) in [6.45, 7) is 1.90. The van der Waals surface area contributed by atoms with Crippen LogP contribution in [0.5, 0.6) is 0 Å². The second-order valence-corrected chi connectivity index (χ2v) is 10.4. The van der Waals surface area contributed by atoms with E-state index >= 15 is 4.39 Å². The van der Waals surface area contributed by atoms with Crippen LogP contribution in [0.2, 0.25) is 0 Å². The summed E-state index contributed by atoms with van der Waals surface area (Å²) >= 11 is 0. The Labute approximate surface area is 231 Å². The number of hydrogen-bond donors (Lipinski definition) is 2. The van der Waals surface area contributed by atoms with Crippen LogP contribution in [0.4, 0.5) is 10.2 Å². The Morgan fingerprint density at radius 1 is 1.18 bits per heavy atom. The molecular formula is C30H30FN7O2. The quantitative estimate of drug-likeness (QED) is 0.305. The molecule has 0 radical (unpaired) electrons. The first-order chi connectivity index (χ1) is 19.5. The molecule has 1 fully saturated rings. The third kappa shape index (κ3) is 4.95. The van der Waals surface area contributed by atoms with Crippen molar-refractivity contribution >= 4 is 5.82 Å². The van der Waals surface area contributed by atoms with Gasteiger partial charge in [0.25, 0.3) is 0 Å². The smallest absolute Gasteiger partial charge is 0.164 e. The van der Waals surface area contributed by atoms with E-state index in [1.165, 1.54) is 6.07 Å². The number of methoxy groups -OCH3 is 1. The van der Waals surface area contributed by atoms with Gasteiger partial charge in [-0.1, -0.05) is 6.07 Å². The molecule has 0 bridgehead atoms. The highest BCUT2D eigenvalue weighted by Crippen LogP contribution is 2.44. The minimum Gasteiger partial charge on any atom is -0.383 e. The number of ether oxygens (including phenoxy) is 1. The molecule has 0 spiro atoms. The van der Waals surface area contributed by atoms with Crippen molar-refractivity contribution in [1.29, 1.82) is 5.26 Å². The Balaban J connectivity index is 1.39. The number of aromatic nitrogens is 4. The Bertz CT molecular complexity index is 1610. The van der Waals surface area contributed by atoms with Crippen molar-refractivity contribution in [3.8, 4) is 28.6 Å². The molecule has 1 aliphatic carbocycles. The number of aryl methyl sites for hydroxylation is 1. The maximum Gasteiger partial charge on any atom is 0.164 e. The highest BCUT2D eigenvalue weighted by atomic mass is 19.1. The Morgan fingerprint density at radius 2 is 2.02 bits per heavy atom. The van der Waals surface area contributed by atoms with Crippen LogP contribution in [-0.2, 0) is 24.9 Å². The van der Waals surface area contributed by atoms with Crippen molar-refractivity contribution in [3.63, 3.8) is 0 Å². The van der Waals surface area contributed by atoms with Gasteiger partial charge in [0.2, 0.25) is 0 Å². The molecule has 1 saturated carbocycles. The highest BCUT2D eigenvalue weighted by molar-refractivity contribution is 5.83. The maximum atomic E-state index is 15.2. The van der Waals surface area contributed by atoms with Crippen LogP contribution in [0.15, 0.2) is 48.8 Å². The van der Waals surface area contributed by atoms with E-state index < -0.39 is 6.23 Å². The van der Waals surface area contributed by atoms with Crippen LogP contribution in [0.25, 0.3) is 22.5 Å². The summed E-state index contributed by atoms with van der Waals surface area (Å²) in [6.07, 6.45) is 2.70. The molecule has 2 aliphatic rings. The second kappa shape index (κ2) is 10.8. The zero-order valence-corrected chi connectivity index (χ0v) is 22.4. The molecule has 2 aromatic carbocycles. The number of nitrogens with zero attached hydrogens (tertiary/aromatic N) is 6. The fourth-order valence-electron chi connectivity index (χ4n) is 5.26. The lowest BCUT2D eigenvalue weighted by Gasteiger charge is -2.24. The van der Waals surface area contributed by atoms with E-state index in [2.05, 4.69) is 27.6 Å². The molecule has 3 heterocycles. The molecule has 204 valence electrons. The first-order valence-electron chi connectivity index (χ1n) is 13.3. The third-order valence-electron chi connectivity index (χ3n) is 7.54. The number of benzene rings is 2. The van der Waals surface area contributed by atoms with E-state index in [-0.39, 0.29) is 12.4 Å². The van der Waals surface area contributed by atoms with Crippen LogP contribution in [0.3, 0.4) is 0 Å². The molecule has 9 nitrogen and oxygen atoms in total. The molecule has 2 N–H and O–H groups in total. The van der Waals surface area contributed by atoms with E-state index in [0.717, 1.165) is 40.8 Å². The van der Waals surface area contributed by atoms with Gasteiger partial charge in [-0.2, -0.15) is 5.26 Å². The Morgan fingerprint density at radius 3 is 2.75 bits per heavy atom. The van der Waals surface area contributed by atoms with Crippen LogP contribution >= 0.6 is 0 Å². The van der Waals surface area contributed by atoms with E-state index in [9.17, 15) is 10.4 Å². The van der Waals surface area contributed by atoms with Gasteiger partial charge in [0.1, 0.15) is 18.0 Å². The van der Waals surface area contributed by atoms with Crippen LogP contribution in [-0.4, -0.2) is 45.1 Å². The van der Waals surface area contributed by atoms with Gasteiger partial charge in [-0.3, -0.25) is 0 Å². The number of pyridine rings is 1. The molecule has 40 heavy (non-hydrogen) atoms. The van der Waals surface area contributed by atoms with E-state index in [1.807, 2.05) is 35.9 Å². The molecular weight excluding hydrogens is 509 g/mol. The number of anilines is 1. The summed E-state index contributed by atoms with van der Waals surface area (Å²) < 4.78 is 22.1. The average Bonchev–Trinajstić information content (AvgIpc) is 3.65. The van der Waals surface area contributed by atoms with Crippen LogP contribution in [0.1, 0.15) is 52.9 Å².